The minimum absolute atomic E-state index is 0.0605. The largest absolute Gasteiger partial charge is 0.366 e. The fourth-order valence-electron chi connectivity index (χ4n) is 3.70. The first-order valence-corrected chi connectivity index (χ1v) is 9.55. The molecule has 2 amide bonds. The first-order chi connectivity index (χ1) is 12.9. The molecule has 0 spiro atoms. The normalized spacial score (nSPS) is 17.2. The highest BCUT2D eigenvalue weighted by Crippen LogP contribution is 2.32. The molecule has 27 heavy (non-hydrogen) atoms. The van der Waals surface area contributed by atoms with Gasteiger partial charge in [0.25, 0.3) is 11.8 Å². The molecule has 0 saturated carbocycles. The van der Waals surface area contributed by atoms with Gasteiger partial charge in [0.05, 0.1) is 11.6 Å². The highest BCUT2D eigenvalue weighted by molar-refractivity contribution is 5.96. The molecule has 1 aliphatic heterocycles. The van der Waals surface area contributed by atoms with Gasteiger partial charge in [0, 0.05) is 12.7 Å². The lowest BCUT2D eigenvalue weighted by atomic mass is 9.92. The minimum Gasteiger partial charge on any atom is -0.366 e. The summed E-state index contributed by atoms with van der Waals surface area (Å²) in [4.78, 5) is 30.7. The SMILES string of the molecule is Cc1cc(C(=O)N2CCCCC2c2ccc(C(C)C)cc2)ncc1C(N)=O. The number of likely N-dealkylation sites (tertiary alicyclic amines) is 1. The van der Waals surface area contributed by atoms with E-state index in [1.807, 2.05) is 4.90 Å². The van der Waals surface area contributed by atoms with Crippen LogP contribution in [0.3, 0.4) is 0 Å². The zero-order chi connectivity index (χ0) is 19.6. The zero-order valence-corrected chi connectivity index (χ0v) is 16.2. The topological polar surface area (TPSA) is 76.3 Å². The van der Waals surface area contributed by atoms with Crippen molar-refractivity contribution < 1.29 is 9.59 Å². The summed E-state index contributed by atoms with van der Waals surface area (Å²) < 4.78 is 0. The van der Waals surface area contributed by atoms with E-state index in [1.165, 1.54) is 11.8 Å². The average molecular weight is 365 g/mol. The number of piperidine rings is 1. The second kappa shape index (κ2) is 7.91. The summed E-state index contributed by atoms with van der Waals surface area (Å²) in [5.41, 5.74) is 9.20. The molecule has 1 unspecified atom stereocenters. The maximum Gasteiger partial charge on any atom is 0.272 e. The quantitative estimate of drug-likeness (QED) is 0.890. The van der Waals surface area contributed by atoms with Gasteiger partial charge in [0.2, 0.25) is 0 Å². The number of hydrogen-bond acceptors (Lipinski definition) is 3. The number of nitrogens with two attached hydrogens (primary N) is 1. The third-order valence-corrected chi connectivity index (χ3v) is 5.35. The molecular weight excluding hydrogens is 338 g/mol. The van der Waals surface area contributed by atoms with Crippen LogP contribution in [0.1, 0.15) is 82.6 Å². The summed E-state index contributed by atoms with van der Waals surface area (Å²) in [5.74, 6) is -0.133. The Kier molecular flexibility index (Phi) is 5.59. The first-order valence-electron chi connectivity index (χ1n) is 9.55. The Morgan fingerprint density at radius 3 is 2.48 bits per heavy atom. The monoisotopic (exact) mass is 365 g/mol. The standard InChI is InChI=1S/C22H27N3O2/c1-14(2)16-7-9-17(10-8-16)20-6-4-5-11-25(20)22(27)19-12-15(3)18(13-24-19)21(23)26/h7-10,12-14,20H,4-6,11H2,1-3H3,(H2,23,26). The Bertz CT molecular complexity index is 843. The molecule has 0 radical (unpaired) electrons. The molecule has 142 valence electrons. The number of aromatic nitrogens is 1. The van der Waals surface area contributed by atoms with Crippen molar-refractivity contribution >= 4 is 11.8 Å². The third kappa shape index (κ3) is 4.02. The molecule has 5 heteroatoms. The van der Waals surface area contributed by atoms with Crippen molar-refractivity contribution in [3.8, 4) is 0 Å². The highest BCUT2D eigenvalue weighted by Gasteiger charge is 2.29. The molecule has 2 N–H and O–H groups in total. The van der Waals surface area contributed by atoms with E-state index in [1.54, 1.807) is 13.0 Å². The minimum atomic E-state index is -0.528. The average Bonchev–Trinajstić information content (AvgIpc) is 2.67. The molecule has 1 aromatic carbocycles. The molecule has 0 aliphatic carbocycles. The third-order valence-electron chi connectivity index (χ3n) is 5.35. The van der Waals surface area contributed by atoms with Gasteiger partial charge in [0.1, 0.15) is 5.69 Å². The lowest BCUT2D eigenvalue weighted by Gasteiger charge is -2.36. The number of hydrogen-bond donors (Lipinski definition) is 1. The lowest BCUT2D eigenvalue weighted by molar-refractivity contribution is 0.0605. The first kappa shape index (κ1) is 19.1. The van der Waals surface area contributed by atoms with Crippen molar-refractivity contribution in [3.05, 3.63) is 64.5 Å². The van der Waals surface area contributed by atoms with Crippen LogP contribution in [0.25, 0.3) is 0 Å². The Labute approximate surface area is 160 Å². The Morgan fingerprint density at radius 1 is 1.19 bits per heavy atom. The summed E-state index contributed by atoms with van der Waals surface area (Å²) in [5, 5.41) is 0. The van der Waals surface area contributed by atoms with Crippen LogP contribution < -0.4 is 5.73 Å². The van der Waals surface area contributed by atoms with Gasteiger partial charge < -0.3 is 10.6 Å². The molecule has 1 aliphatic rings. The summed E-state index contributed by atoms with van der Waals surface area (Å²) in [6, 6.07) is 10.3. The van der Waals surface area contributed by atoms with Crippen molar-refractivity contribution in [1.82, 2.24) is 9.88 Å². The maximum atomic E-state index is 13.1. The Morgan fingerprint density at radius 2 is 1.89 bits per heavy atom. The number of benzene rings is 1. The number of nitrogens with zero attached hydrogens (tertiary/aromatic N) is 2. The van der Waals surface area contributed by atoms with Crippen LogP contribution in [0.4, 0.5) is 0 Å². The highest BCUT2D eigenvalue weighted by atomic mass is 16.2. The van der Waals surface area contributed by atoms with Crippen molar-refractivity contribution in [1.29, 1.82) is 0 Å². The molecule has 1 fully saturated rings. The van der Waals surface area contributed by atoms with E-state index in [0.717, 1.165) is 24.8 Å². The van der Waals surface area contributed by atoms with Gasteiger partial charge >= 0.3 is 0 Å². The number of primary amides is 1. The second-order valence-electron chi connectivity index (χ2n) is 7.58. The van der Waals surface area contributed by atoms with Gasteiger partial charge in [-0.1, -0.05) is 38.1 Å². The van der Waals surface area contributed by atoms with E-state index >= 15 is 0 Å². The molecule has 2 aromatic rings. The summed E-state index contributed by atoms with van der Waals surface area (Å²) in [6.45, 7) is 6.84. The van der Waals surface area contributed by atoms with Gasteiger partial charge in [0.15, 0.2) is 0 Å². The van der Waals surface area contributed by atoms with Crippen molar-refractivity contribution in [2.45, 2.75) is 52.0 Å². The van der Waals surface area contributed by atoms with Gasteiger partial charge in [-0.3, -0.25) is 14.6 Å². The smallest absolute Gasteiger partial charge is 0.272 e. The molecule has 5 nitrogen and oxygen atoms in total. The van der Waals surface area contributed by atoms with Gasteiger partial charge in [-0.2, -0.15) is 0 Å². The predicted octanol–water partition coefficient (Wildman–Crippen LogP) is 3.98. The zero-order valence-electron chi connectivity index (χ0n) is 16.2. The van der Waals surface area contributed by atoms with Crippen molar-refractivity contribution in [3.63, 3.8) is 0 Å². The fraction of sp³-hybridized carbons (Fsp3) is 0.409. The molecule has 0 bridgehead atoms. The van der Waals surface area contributed by atoms with Crippen LogP contribution in [0.5, 0.6) is 0 Å². The van der Waals surface area contributed by atoms with Gasteiger partial charge in [-0.05, 0) is 54.9 Å². The number of aryl methyl sites for hydroxylation is 1. The van der Waals surface area contributed by atoms with E-state index in [9.17, 15) is 9.59 Å². The molecule has 1 aromatic heterocycles. The number of carbonyl (C=O) groups is 2. The Hall–Kier alpha value is -2.69. The van der Waals surface area contributed by atoms with Gasteiger partial charge in [-0.15, -0.1) is 0 Å². The summed E-state index contributed by atoms with van der Waals surface area (Å²) in [6.07, 6.45) is 4.45. The van der Waals surface area contributed by atoms with E-state index in [0.29, 0.717) is 29.3 Å². The van der Waals surface area contributed by atoms with E-state index < -0.39 is 5.91 Å². The van der Waals surface area contributed by atoms with Crippen LogP contribution in [0.15, 0.2) is 36.5 Å². The number of carbonyl (C=O) groups excluding carboxylic acids is 2. The summed E-state index contributed by atoms with van der Waals surface area (Å²) >= 11 is 0. The van der Waals surface area contributed by atoms with E-state index in [-0.39, 0.29) is 11.9 Å². The predicted molar refractivity (Wildman–Crippen MR) is 106 cm³/mol. The van der Waals surface area contributed by atoms with Crippen molar-refractivity contribution in [2.24, 2.45) is 5.73 Å². The number of rotatable bonds is 4. The molecule has 1 atom stereocenters. The Balaban J connectivity index is 1.87. The van der Waals surface area contributed by atoms with Crippen LogP contribution in [-0.2, 0) is 0 Å². The summed E-state index contributed by atoms with van der Waals surface area (Å²) in [7, 11) is 0. The van der Waals surface area contributed by atoms with Gasteiger partial charge in [-0.25, -0.2) is 0 Å². The van der Waals surface area contributed by atoms with E-state index in [4.69, 9.17) is 5.73 Å². The lowest BCUT2D eigenvalue weighted by Crippen LogP contribution is -2.39. The van der Waals surface area contributed by atoms with Crippen LogP contribution >= 0.6 is 0 Å². The number of pyridine rings is 1. The molecule has 1 saturated heterocycles. The fourth-order valence-corrected chi connectivity index (χ4v) is 3.70. The van der Waals surface area contributed by atoms with E-state index in [2.05, 4.69) is 43.1 Å². The maximum absolute atomic E-state index is 13.1. The molecular formula is C22H27N3O2. The second-order valence-corrected chi connectivity index (χ2v) is 7.58. The van der Waals surface area contributed by atoms with Crippen molar-refractivity contribution in [2.75, 3.05) is 6.54 Å². The molecule has 2 heterocycles. The molecule has 3 rings (SSSR count). The number of amides is 2. The van der Waals surface area contributed by atoms with Crippen LogP contribution in [-0.4, -0.2) is 28.2 Å². The van der Waals surface area contributed by atoms with Crippen LogP contribution in [0, 0.1) is 6.92 Å². The van der Waals surface area contributed by atoms with Crippen LogP contribution in [0.2, 0.25) is 0 Å².